The summed E-state index contributed by atoms with van der Waals surface area (Å²) < 4.78 is 13.8. The van der Waals surface area contributed by atoms with Gasteiger partial charge in [0.25, 0.3) is 0 Å². The predicted molar refractivity (Wildman–Crippen MR) is 127 cm³/mol. The number of aliphatic hydroxyl groups excluding tert-OH is 1. The van der Waals surface area contributed by atoms with Crippen molar-refractivity contribution in [1.29, 1.82) is 0 Å². The molecule has 1 aromatic heterocycles. The Bertz CT molecular complexity index is 942. The van der Waals surface area contributed by atoms with E-state index in [-0.39, 0.29) is 6.10 Å². The molecule has 0 spiro atoms. The molecule has 0 fully saturated rings. The van der Waals surface area contributed by atoms with Crippen LogP contribution in [0.2, 0.25) is 0 Å². The highest BCUT2D eigenvalue weighted by atomic mass is 16.5. The zero-order valence-electron chi connectivity index (χ0n) is 19.6. The Morgan fingerprint density at radius 2 is 1.69 bits per heavy atom. The maximum atomic E-state index is 10.5. The molecular weight excluding hydrogens is 402 g/mol. The molecule has 172 valence electrons. The number of hydrogen-bond acceptors (Lipinski definition) is 5. The average Bonchev–Trinajstić information content (AvgIpc) is 3.09. The van der Waals surface area contributed by atoms with E-state index in [4.69, 9.17) is 14.6 Å². The lowest BCUT2D eigenvalue weighted by Gasteiger charge is -2.25. The molecule has 1 N–H and O–H groups in total. The molecular formula is C26H35N3O3. The van der Waals surface area contributed by atoms with Crippen molar-refractivity contribution < 1.29 is 14.6 Å². The Morgan fingerprint density at radius 3 is 2.31 bits per heavy atom. The van der Waals surface area contributed by atoms with E-state index in [1.165, 1.54) is 0 Å². The fourth-order valence-electron chi connectivity index (χ4n) is 3.60. The lowest BCUT2D eigenvalue weighted by molar-refractivity contribution is -0.00957. The van der Waals surface area contributed by atoms with Crippen molar-refractivity contribution in [1.82, 2.24) is 14.7 Å². The molecule has 32 heavy (non-hydrogen) atoms. The minimum Gasteiger partial charge on any atom is -0.439 e. The van der Waals surface area contributed by atoms with Gasteiger partial charge < -0.3 is 14.6 Å². The summed E-state index contributed by atoms with van der Waals surface area (Å²) in [6.07, 6.45) is 0.534. The van der Waals surface area contributed by atoms with Crippen LogP contribution in [0.25, 0.3) is 5.69 Å². The topological polar surface area (TPSA) is 59.8 Å². The summed E-state index contributed by atoms with van der Waals surface area (Å²) >= 11 is 0. The molecule has 1 atom stereocenters. The number of aliphatic hydroxyl groups is 1. The maximum absolute atomic E-state index is 10.5. The van der Waals surface area contributed by atoms with Crippen molar-refractivity contribution in [3.8, 4) is 17.3 Å². The van der Waals surface area contributed by atoms with Crippen LogP contribution in [0.15, 0.2) is 60.7 Å². The van der Waals surface area contributed by atoms with Crippen LogP contribution in [0.3, 0.4) is 0 Å². The molecule has 0 saturated heterocycles. The molecule has 0 unspecified atom stereocenters. The maximum Gasteiger partial charge on any atom is 0.227 e. The minimum atomic E-state index is -0.549. The number of nitrogens with zero attached hydrogens (tertiary/aromatic N) is 3. The molecule has 0 radical (unpaired) electrons. The third-order valence-corrected chi connectivity index (χ3v) is 5.11. The van der Waals surface area contributed by atoms with Gasteiger partial charge in [-0.25, -0.2) is 4.68 Å². The molecule has 0 aliphatic heterocycles. The van der Waals surface area contributed by atoms with Crippen LogP contribution >= 0.6 is 0 Å². The first-order valence-electron chi connectivity index (χ1n) is 11.4. The molecule has 6 heteroatoms. The summed E-state index contributed by atoms with van der Waals surface area (Å²) in [5.41, 5.74) is 2.87. The molecule has 2 aromatic carbocycles. The molecule has 0 amide bonds. The van der Waals surface area contributed by atoms with Crippen LogP contribution in [0.4, 0.5) is 0 Å². The fourth-order valence-corrected chi connectivity index (χ4v) is 3.60. The van der Waals surface area contributed by atoms with Gasteiger partial charge in [0.1, 0.15) is 5.75 Å². The van der Waals surface area contributed by atoms with Gasteiger partial charge in [-0.15, -0.1) is 0 Å². The van der Waals surface area contributed by atoms with Crippen molar-refractivity contribution in [3.63, 3.8) is 0 Å². The molecule has 0 aliphatic carbocycles. The van der Waals surface area contributed by atoms with Crippen LogP contribution < -0.4 is 4.74 Å². The van der Waals surface area contributed by atoms with Gasteiger partial charge in [-0.1, -0.05) is 43.3 Å². The average molecular weight is 438 g/mol. The van der Waals surface area contributed by atoms with Gasteiger partial charge in [-0.05, 0) is 58.0 Å². The molecule has 6 nitrogen and oxygen atoms in total. The van der Waals surface area contributed by atoms with Crippen molar-refractivity contribution in [2.24, 2.45) is 0 Å². The second-order valence-corrected chi connectivity index (χ2v) is 8.30. The number of rotatable bonds is 12. The number of benzene rings is 2. The molecule has 3 aromatic rings. The van der Waals surface area contributed by atoms with Gasteiger partial charge >= 0.3 is 0 Å². The number of ether oxygens (including phenoxy) is 2. The third kappa shape index (κ3) is 6.66. The summed E-state index contributed by atoms with van der Waals surface area (Å²) in [4.78, 5) is 2.24. The van der Waals surface area contributed by atoms with Gasteiger partial charge in [0.05, 0.1) is 35.8 Å². The largest absolute Gasteiger partial charge is 0.439 e. The first kappa shape index (κ1) is 24.0. The van der Waals surface area contributed by atoms with E-state index in [9.17, 15) is 5.11 Å². The predicted octanol–water partition coefficient (Wildman–Crippen LogP) is 4.97. The highest BCUT2D eigenvalue weighted by molar-refractivity contribution is 5.43. The van der Waals surface area contributed by atoms with Gasteiger partial charge in [0, 0.05) is 13.1 Å². The third-order valence-electron chi connectivity index (χ3n) is 5.11. The highest BCUT2D eigenvalue weighted by Gasteiger charge is 2.22. The van der Waals surface area contributed by atoms with Crippen LogP contribution in [0.5, 0.6) is 11.6 Å². The highest BCUT2D eigenvalue weighted by Crippen LogP contribution is 2.31. The molecule has 3 rings (SSSR count). The second-order valence-electron chi connectivity index (χ2n) is 8.30. The van der Waals surface area contributed by atoms with Gasteiger partial charge in [-0.3, -0.25) is 4.90 Å². The van der Waals surface area contributed by atoms with E-state index in [0.29, 0.717) is 25.6 Å². The number of hydrogen-bond donors (Lipinski definition) is 1. The Morgan fingerprint density at radius 1 is 1.03 bits per heavy atom. The molecule has 0 saturated carbocycles. The normalized spacial score (nSPS) is 12.5. The van der Waals surface area contributed by atoms with Crippen molar-refractivity contribution in [2.45, 2.75) is 52.9 Å². The molecule has 1 heterocycles. The number of aromatic nitrogens is 2. The minimum absolute atomic E-state index is 0.0986. The van der Waals surface area contributed by atoms with E-state index in [1.54, 1.807) is 0 Å². The second kappa shape index (κ2) is 11.8. The first-order valence-corrected chi connectivity index (χ1v) is 11.4. The zero-order chi connectivity index (χ0) is 22.9. The van der Waals surface area contributed by atoms with E-state index >= 15 is 0 Å². The van der Waals surface area contributed by atoms with Crippen molar-refractivity contribution in [2.75, 3.05) is 19.7 Å². The summed E-state index contributed by atoms with van der Waals surface area (Å²) in [6, 6.07) is 19.8. The number of para-hydroxylation sites is 2. The Labute approximate surface area is 191 Å². The van der Waals surface area contributed by atoms with Gasteiger partial charge in [-0.2, -0.15) is 5.10 Å². The Balaban J connectivity index is 1.90. The summed E-state index contributed by atoms with van der Waals surface area (Å²) in [6.45, 7) is 10.5. The van der Waals surface area contributed by atoms with Crippen LogP contribution in [0.1, 0.15) is 38.4 Å². The standard InChI is InChI=1S/C26H35N3O3/c1-5-16-28(17-23(30)19-31-20(2)3)18-25-21(4)27-29(22-12-8-6-9-13-22)26(25)32-24-14-10-7-11-15-24/h6-15,20,23,30H,5,16-19H2,1-4H3/t23-/m1/s1. The lowest BCUT2D eigenvalue weighted by atomic mass is 10.2. The number of aryl methyl sites for hydroxylation is 1. The van der Waals surface area contributed by atoms with Gasteiger partial charge in [0.2, 0.25) is 5.88 Å². The Hall–Kier alpha value is -2.67. The van der Waals surface area contributed by atoms with E-state index < -0.39 is 6.10 Å². The SMILES string of the molecule is CCCN(Cc1c(C)nn(-c2ccccc2)c1Oc1ccccc1)C[C@@H](O)COC(C)C. The summed E-state index contributed by atoms with van der Waals surface area (Å²) in [5, 5.41) is 15.3. The van der Waals surface area contributed by atoms with Gasteiger partial charge in [0.15, 0.2) is 0 Å². The quantitative estimate of drug-likeness (QED) is 0.433. The molecule has 0 bridgehead atoms. The fraction of sp³-hybridized carbons (Fsp3) is 0.423. The first-order chi connectivity index (χ1) is 15.5. The van der Waals surface area contributed by atoms with Crippen molar-refractivity contribution in [3.05, 3.63) is 71.9 Å². The van der Waals surface area contributed by atoms with Crippen LogP contribution in [-0.2, 0) is 11.3 Å². The monoisotopic (exact) mass is 437 g/mol. The zero-order valence-corrected chi connectivity index (χ0v) is 19.6. The summed E-state index contributed by atoms with van der Waals surface area (Å²) in [7, 11) is 0. The van der Waals surface area contributed by atoms with E-state index in [1.807, 2.05) is 86.1 Å². The van der Waals surface area contributed by atoms with E-state index in [2.05, 4.69) is 11.8 Å². The van der Waals surface area contributed by atoms with E-state index in [0.717, 1.165) is 35.7 Å². The smallest absolute Gasteiger partial charge is 0.227 e. The summed E-state index contributed by atoms with van der Waals surface area (Å²) in [5.74, 6) is 1.46. The molecule has 0 aliphatic rings. The Kier molecular flexibility index (Phi) is 8.85. The van der Waals surface area contributed by atoms with Crippen LogP contribution in [-0.4, -0.2) is 51.7 Å². The lowest BCUT2D eigenvalue weighted by Crippen LogP contribution is -2.35. The van der Waals surface area contributed by atoms with Crippen LogP contribution in [0, 0.1) is 6.92 Å². The van der Waals surface area contributed by atoms with Crippen molar-refractivity contribution >= 4 is 0 Å².